The minimum Gasteiger partial charge on any atom is -0.351 e. The van der Waals surface area contributed by atoms with Crippen LogP contribution in [-0.4, -0.2) is 39.5 Å². The minimum atomic E-state index is -0.457. The van der Waals surface area contributed by atoms with Crippen LogP contribution in [0.2, 0.25) is 5.28 Å². The molecular weight excluding hydrogens is 462 g/mol. The first-order valence-electron chi connectivity index (χ1n) is 10.5. The summed E-state index contributed by atoms with van der Waals surface area (Å²) in [7, 11) is 0. The third-order valence-corrected chi connectivity index (χ3v) is 6.10. The molecule has 3 aromatic rings. The molecule has 1 aromatic carbocycles. The maximum Gasteiger partial charge on any atom is 0.325 e. The van der Waals surface area contributed by atoms with E-state index in [0.717, 1.165) is 35.0 Å². The van der Waals surface area contributed by atoms with Crippen LogP contribution in [0.5, 0.6) is 0 Å². The number of benzene rings is 1. The van der Waals surface area contributed by atoms with Gasteiger partial charge in [0.25, 0.3) is 5.91 Å². The summed E-state index contributed by atoms with van der Waals surface area (Å²) in [6, 6.07) is 8.31. The van der Waals surface area contributed by atoms with E-state index in [0.29, 0.717) is 22.9 Å². The number of fused-ring (bicyclic) bond motifs is 1. The van der Waals surface area contributed by atoms with E-state index in [-0.39, 0.29) is 17.2 Å². The SMILES string of the molecule is Cc1cc(N2CCc3nc(NC(=O)Nc4ccccc4C(=O)NC(C)C)sc3C2)nc(Cl)n1. The van der Waals surface area contributed by atoms with Crippen molar-refractivity contribution in [2.45, 2.75) is 39.8 Å². The summed E-state index contributed by atoms with van der Waals surface area (Å²) in [6.45, 7) is 7.01. The molecule has 4 rings (SSSR count). The molecule has 2 aromatic heterocycles. The largest absolute Gasteiger partial charge is 0.351 e. The van der Waals surface area contributed by atoms with E-state index in [1.807, 2.05) is 26.8 Å². The Balaban J connectivity index is 1.43. The van der Waals surface area contributed by atoms with Gasteiger partial charge in [-0.1, -0.05) is 23.5 Å². The molecular formula is C22H24ClN7O2S. The first-order chi connectivity index (χ1) is 15.8. The topological polar surface area (TPSA) is 112 Å². The Labute approximate surface area is 200 Å². The first-order valence-corrected chi connectivity index (χ1v) is 11.7. The molecule has 0 saturated carbocycles. The van der Waals surface area contributed by atoms with Gasteiger partial charge in [0.15, 0.2) is 5.13 Å². The van der Waals surface area contributed by atoms with Crippen molar-refractivity contribution < 1.29 is 9.59 Å². The number of hydrogen-bond acceptors (Lipinski definition) is 7. The van der Waals surface area contributed by atoms with Gasteiger partial charge in [-0.2, -0.15) is 0 Å². The van der Waals surface area contributed by atoms with Crippen molar-refractivity contribution in [3.05, 3.63) is 57.4 Å². The van der Waals surface area contributed by atoms with Crippen LogP contribution in [0.4, 0.5) is 21.4 Å². The van der Waals surface area contributed by atoms with Gasteiger partial charge in [0.05, 0.1) is 23.5 Å². The summed E-state index contributed by atoms with van der Waals surface area (Å²) in [5.41, 5.74) is 2.59. The number of aryl methyl sites for hydroxylation is 1. The number of carbonyl (C=O) groups is 2. The molecule has 1 aliphatic heterocycles. The molecule has 0 saturated heterocycles. The normalized spacial score (nSPS) is 12.9. The quantitative estimate of drug-likeness (QED) is 0.466. The van der Waals surface area contributed by atoms with Gasteiger partial charge >= 0.3 is 6.03 Å². The smallest absolute Gasteiger partial charge is 0.325 e. The lowest BCUT2D eigenvalue weighted by Crippen LogP contribution is -2.31. The van der Waals surface area contributed by atoms with Crippen molar-refractivity contribution in [1.29, 1.82) is 0 Å². The molecule has 11 heteroatoms. The molecule has 0 spiro atoms. The fourth-order valence-electron chi connectivity index (χ4n) is 3.50. The van der Waals surface area contributed by atoms with E-state index in [2.05, 4.69) is 35.8 Å². The van der Waals surface area contributed by atoms with Gasteiger partial charge in [0.2, 0.25) is 5.28 Å². The van der Waals surface area contributed by atoms with Crippen molar-refractivity contribution >= 4 is 51.5 Å². The summed E-state index contributed by atoms with van der Waals surface area (Å²) in [4.78, 5) is 41.2. The Bertz CT molecular complexity index is 1180. The second kappa shape index (κ2) is 9.72. The molecule has 1 aliphatic rings. The summed E-state index contributed by atoms with van der Waals surface area (Å²) in [5.74, 6) is 0.529. The summed E-state index contributed by atoms with van der Waals surface area (Å²) < 4.78 is 0. The van der Waals surface area contributed by atoms with E-state index < -0.39 is 6.03 Å². The maximum absolute atomic E-state index is 12.6. The lowest BCUT2D eigenvalue weighted by Gasteiger charge is -2.27. The number of hydrogen-bond donors (Lipinski definition) is 3. The molecule has 0 radical (unpaired) electrons. The van der Waals surface area contributed by atoms with E-state index in [9.17, 15) is 9.59 Å². The molecule has 0 unspecified atom stereocenters. The van der Waals surface area contributed by atoms with Crippen molar-refractivity contribution in [2.24, 2.45) is 0 Å². The van der Waals surface area contributed by atoms with Crippen LogP contribution in [0.15, 0.2) is 30.3 Å². The highest BCUT2D eigenvalue weighted by molar-refractivity contribution is 7.15. The number of amides is 3. The van der Waals surface area contributed by atoms with Crippen molar-refractivity contribution in [2.75, 3.05) is 22.1 Å². The second-order valence-corrected chi connectivity index (χ2v) is 9.37. The number of urea groups is 1. The predicted octanol–water partition coefficient (Wildman–Crippen LogP) is 4.24. The molecule has 0 atom stereocenters. The highest BCUT2D eigenvalue weighted by atomic mass is 35.5. The average molecular weight is 486 g/mol. The Morgan fingerprint density at radius 1 is 1.15 bits per heavy atom. The van der Waals surface area contributed by atoms with Crippen LogP contribution in [0, 0.1) is 6.92 Å². The van der Waals surface area contributed by atoms with Gasteiger partial charge in [-0.25, -0.2) is 19.7 Å². The molecule has 9 nitrogen and oxygen atoms in total. The number of halogens is 1. The number of nitrogens with zero attached hydrogens (tertiary/aromatic N) is 4. The molecule has 0 bridgehead atoms. The molecule has 33 heavy (non-hydrogen) atoms. The predicted molar refractivity (Wildman–Crippen MR) is 130 cm³/mol. The Kier molecular flexibility index (Phi) is 6.75. The van der Waals surface area contributed by atoms with Crippen molar-refractivity contribution in [1.82, 2.24) is 20.3 Å². The molecule has 3 heterocycles. The van der Waals surface area contributed by atoms with Gasteiger partial charge in [-0.15, -0.1) is 0 Å². The van der Waals surface area contributed by atoms with Crippen LogP contribution >= 0.6 is 22.9 Å². The fraction of sp³-hybridized carbons (Fsp3) is 0.318. The van der Waals surface area contributed by atoms with Crippen LogP contribution in [0.1, 0.15) is 40.5 Å². The van der Waals surface area contributed by atoms with E-state index in [4.69, 9.17) is 11.6 Å². The summed E-state index contributed by atoms with van der Waals surface area (Å²) in [5, 5.41) is 9.10. The summed E-state index contributed by atoms with van der Waals surface area (Å²) in [6.07, 6.45) is 0.730. The fourth-order valence-corrected chi connectivity index (χ4v) is 4.74. The van der Waals surface area contributed by atoms with Gasteiger partial charge in [-0.05, 0) is 44.5 Å². The van der Waals surface area contributed by atoms with Crippen LogP contribution < -0.4 is 20.9 Å². The van der Waals surface area contributed by atoms with Gasteiger partial charge in [0.1, 0.15) is 5.82 Å². The molecule has 0 aliphatic carbocycles. The standard InChI is InChI=1S/C22H24ClN7O2S/c1-12(2)24-19(31)14-6-4-5-7-15(14)26-21(32)29-22-27-16-8-9-30(11-17(16)33-22)18-10-13(3)25-20(23)28-18/h4-7,10,12H,8-9,11H2,1-3H3,(H,24,31)(H2,26,27,29,32). The molecule has 3 amide bonds. The van der Waals surface area contributed by atoms with Gasteiger partial charge < -0.3 is 15.5 Å². The van der Waals surface area contributed by atoms with Gasteiger partial charge in [-0.3, -0.25) is 10.1 Å². The maximum atomic E-state index is 12.6. The lowest BCUT2D eigenvalue weighted by atomic mass is 10.1. The Morgan fingerprint density at radius 2 is 1.94 bits per heavy atom. The zero-order chi connectivity index (χ0) is 23.5. The van der Waals surface area contributed by atoms with E-state index >= 15 is 0 Å². The van der Waals surface area contributed by atoms with Crippen LogP contribution in [0.3, 0.4) is 0 Å². The monoisotopic (exact) mass is 485 g/mol. The number of thiazole rings is 1. The number of aromatic nitrogens is 3. The zero-order valence-corrected chi connectivity index (χ0v) is 20.0. The lowest BCUT2D eigenvalue weighted by molar-refractivity contribution is 0.0944. The molecule has 0 fully saturated rings. The van der Waals surface area contributed by atoms with Crippen LogP contribution in [0.25, 0.3) is 0 Å². The highest BCUT2D eigenvalue weighted by Crippen LogP contribution is 2.31. The van der Waals surface area contributed by atoms with E-state index in [1.54, 1.807) is 24.3 Å². The number of rotatable bonds is 5. The van der Waals surface area contributed by atoms with Crippen molar-refractivity contribution in [3.63, 3.8) is 0 Å². The number of nitrogens with one attached hydrogen (secondary N) is 3. The minimum absolute atomic E-state index is 0.0112. The van der Waals surface area contributed by atoms with Gasteiger partial charge in [0, 0.05) is 35.6 Å². The third-order valence-electron chi connectivity index (χ3n) is 4.93. The third kappa shape index (κ3) is 5.58. The highest BCUT2D eigenvalue weighted by Gasteiger charge is 2.23. The second-order valence-electron chi connectivity index (χ2n) is 7.95. The Hall–Kier alpha value is -3.24. The number of carbonyl (C=O) groups excluding carboxylic acids is 2. The average Bonchev–Trinajstić information content (AvgIpc) is 3.14. The molecule has 3 N–H and O–H groups in total. The Morgan fingerprint density at radius 3 is 2.70 bits per heavy atom. The molecule has 172 valence electrons. The zero-order valence-electron chi connectivity index (χ0n) is 18.5. The van der Waals surface area contributed by atoms with Crippen molar-refractivity contribution in [3.8, 4) is 0 Å². The first kappa shape index (κ1) is 22.9. The van der Waals surface area contributed by atoms with Crippen LogP contribution in [-0.2, 0) is 13.0 Å². The van der Waals surface area contributed by atoms with E-state index in [1.165, 1.54) is 11.3 Å². The summed E-state index contributed by atoms with van der Waals surface area (Å²) >= 11 is 7.43. The number of para-hydroxylation sites is 1. The number of anilines is 3.